The van der Waals surface area contributed by atoms with Crippen LogP contribution < -0.4 is 0 Å². The number of benzene rings is 1. The van der Waals surface area contributed by atoms with Crippen molar-refractivity contribution >= 4 is 23.9 Å². The minimum Gasteiger partial charge on any atom is -0.462 e. The second-order valence-corrected chi connectivity index (χ2v) is 7.77. The van der Waals surface area contributed by atoms with Gasteiger partial charge in [-0.3, -0.25) is 19.2 Å². The smallest absolute Gasteiger partial charge is 0.311 e. The van der Waals surface area contributed by atoms with Crippen molar-refractivity contribution in [2.75, 3.05) is 19.8 Å². The monoisotopic (exact) mass is 420 g/mol. The van der Waals surface area contributed by atoms with Crippen molar-refractivity contribution in [1.29, 1.82) is 0 Å². The van der Waals surface area contributed by atoms with Crippen LogP contribution in [-0.2, 0) is 43.7 Å². The Labute approximate surface area is 175 Å². The summed E-state index contributed by atoms with van der Waals surface area (Å²) in [7, 11) is 0. The fourth-order valence-electron chi connectivity index (χ4n) is 2.76. The van der Waals surface area contributed by atoms with E-state index in [9.17, 15) is 19.2 Å². The molecule has 0 aliphatic carbocycles. The maximum Gasteiger partial charge on any atom is 0.311 e. The summed E-state index contributed by atoms with van der Waals surface area (Å²) in [6.07, 6.45) is 0.165. The van der Waals surface area contributed by atoms with Crippen LogP contribution in [0.1, 0.15) is 52.0 Å². The van der Waals surface area contributed by atoms with Crippen molar-refractivity contribution in [1.82, 2.24) is 0 Å². The third-order valence-electron chi connectivity index (χ3n) is 5.05. The summed E-state index contributed by atoms with van der Waals surface area (Å²) in [6.45, 7) is 5.24. The van der Waals surface area contributed by atoms with E-state index >= 15 is 0 Å². The maximum atomic E-state index is 12.3. The summed E-state index contributed by atoms with van der Waals surface area (Å²) in [5.74, 6) is -2.05. The van der Waals surface area contributed by atoms with Gasteiger partial charge >= 0.3 is 23.9 Å². The topological polar surface area (TPSA) is 105 Å². The van der Waals surface area contributed by atoms with Crippen LogP contribution in [-0.4, -0.2) is 43.7 Å². The third-order valence-corrected chi connectivity index (χ3v) is 5.05. The Morgan fingerprint density at radius 1 is 1.03 bits per heavy atom. The molecule has 0 bridgehead atoms. The Balaban J connectivity index is 1.76. The quantitative estimate of drug-likeness (QED) is 0.323. The Morgan fingerprint density at radius 3 is 2.27 bits per heavy atom. The summed E-state index contributed by atoms with van der Waals surface area (Å²) >= 11 is 0. The molecule has 1 saturated heterocycles. The molecule has 1 aliphatic heterocycles. The predicted molar refractivity (Wildman–Crippen MR) is 105 cm³/mol. The number of cyclic esters (lactones) is 1. The average Bonchev–Trinajstić information content (AvgIpc) is 3.11. The molecule has 1 aromatic rings. The summed E-state index contributed by atoms with van der Waals surface area (Å²) < 4.78 is 20.6. The van der Waals surface area contributed by atoms with Gasteiger partial charge < -0.3 is 18.9 Å². The van der Waals surface area contributed by atoms with Gasteiger partial charge in [0.2, 0.25) is 0 Å². The zero-order chi connectivity index (χ0) is 22.2. The zero-order valence-electron chi connectivity index (χ0n) is 17.6. The second kappa shape index (κ2) is 10.2. The number of esters is 4. The van der Waals surface area contributed by atoms with Gasteiger partial charge in [-0.25, -0.2) is 0 Å². The molecule has 1 aliphatic rings. The number of hydrogen-bond donors (Lipinski definition) is 0. The van der Waals surface area contributed by atoms with Gasteiger partial charge in [-0.15, -0.1) is 0 Å². The first-order chi connectivity index (χ1) is 14.2. The van der Waals surface area contributed by atoms with Crippen LogP contribution in [0.4, 0.5) is 0 Å². The molecule has 0 aromatic heterocycles. The first-order valence-corrected chi connectivity index (χ1v) is 9.94. The van der Waals surface area contributed by atoms with Crippen LogP contribution in [0, 0.1) is 5.41 Å². The molecule has 1 aromatic carbocycles. The molecule has 164 valence electrons. The van der Waals surface area contributed by atoms with Crippen LogP contribution >= 0.6 is 0 Å². The summed E-state index contributed by atoms with van der Waals surface area (Å²) in [6, 6.07) is 8.88. The van der Waals surface area contributed by atoms with Crippen LogP contribution in [0.3, 0.4) is 0 Å². The average molecular weight is 420 g/mol. The number of hydrogen-bond acceptors (Lipinski definition) is 8. The van der Waals surface area contributed by atoms with Crippen LogP contribution in [0.5, 0.6) is 0 Å². The fourth-order valence-corrected chi connectivity index (χ4v) is 2.76. The summed E-state index contributed by atoms with van der Waals surface area (Å²) in [5.41, 5.74) is -1.11. The van der Waals surface area contributed by atoms with E-state index in [0.717, 1.165) is 0 Å². The first-order valence-electron chi connectivity index (χ1n) is 9.94. The third kappa shape index (κ3) is 6.30. The molecule has 0 spiro atoms. The van der Waals surface area contributed by atoms with Crippen LogP contribution in [0.25, 0.3) is 0 Å². The molecule has 0 N–H and O–H groups in total. The van der Waals surface area contributed by atoms with Crippen molar-refractivity contribution in [3.05, 3.63) is 35.9 Å². The van der Waals surface area contributed by atoms with Crippen molar-refractivity contribution in [3.63, 3.8) is 0 Å². The highest BCUT2D eigenvalue weighted by molar-refractivity contribution is 5.79. The highest BCUT2D eigenvalue weighted by Gasteiger charge is 2.45. The van der Waals surface area contributed by atoms with Gasteiger partial charge in [-0.1, -0.05) is 37.3 Å². The number of ether oxygens (including phenoxy) is 4. The lowest BCUT2D eigenvalue weighted by atomic mass is 9.91. The molecule has 2 rings (SSSR count). The lowest BCUT2D eigenvalue weighted by Gasteiger charge is -2.26. The fraction of sp³-hybridized carbons (Fsp3) is 0.545. The van der Waals surface area contributed by atoms with E-state index in [4.69, 9.17) is 18.9 Å². The van der Waals surface area contributed by atoms with E-state index in [0.29, 0.717) is 12.0 Å². The summed E-state index contributed by atoms with van der Waals surface area (Å²) in [5, 5.41) is 0. The van der Waals surface area contributed by atoms with Gasteiger partial charge in [0.05, 0.1) is 24.7 Å². The van der Waals surface area contributed by atoms with E-state index in [-0.39, 0.29) is 45.1 Å². The molecule has 1 unspecified atom stereocenters. The minimum absolute atomic E-state index is 0.0466. The van der Waals surface area contributed by atoms with Crippen LogP contribution in [0.2, 0.25) is 0 Å². The Morgan fingerprint density at radius 2 is 1.67 bits per heavy atom. The van der Waals surface area contributed by atoms with Gasteiger partial charge in [0.25, 0.3) is 0 Å². The molecule has 1 heterocycles. The molecule has 0 radical (unpaired) electrons. The lowest BCUT2D eigenvalue weighted by molar-refractivity contribution is -0.164. The molecule has 8 heteroatoms. The van der Waals surface area contributed by atoms with Gasteiger partial charge in [0.15, 0.2) is 5.60 Å². The number of carbonyl (C=O) groups excluding carboxylic acids is 4. The normalized spacial score (nSPS) is 18.4. The Hall–Kier alpha value is -2.90. The van der Waals surface area contributed by atoms with Gasteiger partial charge in [0.1, 0.15) is 19.8 Å². The summed E-state index contributed by atoms with van der Waals surface area (Å²) in [4.78, 5) is 47.6. The van der Waals surface area contributed by atoms with Crippen LogP contribution in [0.15, 0.2) is 30.3 Å². The van der Waals surface area contributed by atoms with Crippen molar-refractivity contribution in [3.8, 4) is 0 Å². The standard InChI is InChI=1S/C22H28O8/c1-4-21(2,3)20(26)28-13-12-27-17(23)10-11-18(24)30-22(14-19(25)29-15-22)16-8-6-5-7-9-16/h5-9H,4,10-15H2,1-3H3. The minimum atomic E-state index is -1.18. The maximum absolute atomic E-state index is 12.3. The zero-order valence-corrected chi connectivity index (χ0v) is 17.6. The molecular formula is C22H28O8. The number of carbonyl (C=O) groups is 4. The van der Waals surface area contributed by atoms with Crippen molar-refractivity contribution < 1.29 is 38.1 Å². The van der Waals surface area contributed by atoms with E-state index < -0.39 is 28.9 Å². The first kappa shape index (κ1) is 23.4. The van der Waals surface area contributed by atoms with Crippen molar-refractivity contribution in [2.24, 2.45) is 5.41 Å². The molecule has 1 atom stereocenters. The van der Waals surface area contributed by atoms with E-state index in [2.05, 4.69) is 0 Å². The molecule has 0 amide bonds. The van der Waals surface area contributed by atoms with Gasteiger partial charge in [0, 0.05) is 0 Å². The van der Waals surface area contributed by atoms with E-state index in [1.165, 1.54) is 0 Å². The van der Waals surface area contributed by atoms with Gasteiger partial charge in [-0.2, -0.15) is 0 Å². The predicted octanol–water partition coefficient (Wildman–Crippen LogP) is 2.67. The van der Waals surface area contributed by atoms with Gasteiger partial charge in [-0.05, 0) is 25.8 Å². The molecule has 8 nitrogen and oxygen atoms in total. The SMILES string of the molecule is CCC(C)(C)C(=O)OCCOC(=O)CCC(=O)OC1(c2ccccc2)COC(=O)C1. The number of rotatable bonds is 10. The van der Waals surface area contributed by atoms with Crippen molar-refractivity contribution in [2.45, 2.75) is 52.1 Å². The molecule has 1 fully saturated rings. The Kier molecular flexibility index (Phi) is 7.97. The highest BCUT2D eigenvalue weighted by atomic mass is 16.6. The molecule has 0 saturated carbocycles. The molecular weight excluding hydrogens is 392 g/mol. The largest absolute Gasteiger partial charge is 0.462 e. The second-order valence-electron chi connectivity index (χ2n) is 7.77. The Bertz CT molecular complexity index is 771. The van der Waals surface area contributed by atoms with E-state index in [1.807, 2.05) is 13.0 Å². The lowest BCUT2D eigenvalue weighted by Crippen LogP contribution is -2.33. The van der Waals surface area contributed by atoms with E-state index in [1.54, 1.807) is 38.1 Å². The highest BCUT2D eigenvalue weighted by Crippen LogP contribution is 2.35. The molecule has 30 heavy (non-hydrogen) atoms.